The lowest BCUT2D eigenvalue weighted by Crippen LogP contribution is -2.09. The molecule has 120 valence electrons. The van der Waals surface area contributed by atoms with Gasteiger partial charge in [0, 0.05) is 11.1 Å². The minimum absolute atomic E-state index is 0.746. The zero-order chi connectivity index (χ0) is 16.5. The first kappa shape index (κ1) is 14.9. The summed E-state index contributed by atoms with van der Waals surface area (Å²) in [6.07, 6.45) is 7.04. The van der Waals surface area contributed by atoms with Crippen molar-refractivity contribution in [2.75, 3.05) is 0 Å². The summed E-state index contributed by atoms with van der Waals surface area (Å²) >= 11 is 0. The summed E-state index contributed by atoms with van der Waals surface area (Å²) in [5.74, 6) is 0. The second kappa shape index (κ2) is 6.08. The van der Waals surface area contributed by atoms with Crippen molar-refractivity contribution in [3.63, 3.8) is 0 Å². The van der Waals surface area contributed by atoms with Gasteiger partial charge in [-0.25, -0.2) is 4.68 Å². The number of carbonyl (C=O) groups is 1. The molecule has 2 aromatic carbocycles. The monoisotopic (exact) mass is 316 g/mol. The van der Waals surface area contributed by atoms with Gasteiger partial charge < -0.3 is 0 Å². The number of hydrogen-bond donors (Lipinski definition) is 0. The molecule has 0 saturated heterocycles. The van der Waals surface area contributed by atoms with E-state index in [2.05, 4.69) is 41.0 Å². The molecule has 4 rings (SSSR count). The van der Waals surface area contributed by atoms with Crippen LogP contribution in [-0.4, -0.2) is 16.1 Å². The Labute approximate surface area is 141 Å². The van der Waals surface area contributed by atoms with Crippen LogP contribution in [0, 0.1) is 0 Å². The predicted molar refractivity (Wildman–Crippen MR) is 95.8 cm³/mol. The minimum Gasteiger partial charge on any atom is -0.298 e. The Morgan fingerprint density at radius 1 is 1.08 bits per heavy atom. The Hall–Kier alpha value is -2.68. The number of carbonyl (C=O) groups excluding carboxylic acids is 1. The number of fused-ring (bicyclic) bond motifs is 3. The lowest BCUT2D eigenvalue weighted by molar-refractivity contribution is 0.112. The third kappa shape index (κ3) is 2.46. The number of aldehydes is 1. The van der Waals surface area contributed by atoms with E-state index in [4.69, 9.17) is 0 Å². The largest absolute Gasteiger partial charge is 0.298 e. The number of nitrogens with zero attached hydrogens (tertiary/aromatic N) is 2. The first-order chi connectivity index (χ1) is 11.8. The molecule has 0 fully saturated rings. The summed E-state index contributed by atoms with van der Waals surface area (Å²) < 4.78 is 2.06. The van der Waals surface area contributed by atoms with Gasteiger partial charge in [0.15, 0.2) is 0 Å². The molecule has 3 heteroatoms. The van der Waals surface area contributed by atoms with Crippen LogP contribution in [0.1, 0.15) is 40.5 Å². The predicted octanol–water partition coefficient (Wildman–Crippen LogP) is 4.40. The van der Waals surface area contributed by atoms with Gasteiger partial charge in [-0.2, -0.15) is 5.10 Å². The molecule has 0 radical (unpaired) electrons. The molecule has 1 aliphatic carbocycles. The summed E-state index contributed by atoms with van der Waals surface area (Å²) in [5, 5.41) is 4.63. The average molecular weight is 316 g/mol. The summed E-state index contributed by atoms with van der Waals surface area (Å²) in [6.45, 7) is 2.20. The van der Waals surface area contributed by atoms with Crippen molar-refractivity contribution < 1.29 is 4.79 Å². The highest BCUT2D eigenvalue weighted by Gasteiger charge is 2.21. The van der Waals surface area contributed by atoms with E-state index in [1.54, 1.807) is 0 Å². The average Bonchev–Trinajstić information content (AvgIpc) is 3.06. The molecule has 1 heterocycles. The van der Waals surface area contributed by atoms with Gasteiger partial charge in [0.2, 0.25) is 0 Å². The fourth-order valence-electron chi connectivity index (χ4n) is 3.56. The van der Waals surface area contributed by atoms with Crippen LogP contribution >= 0.6 is 0 Å². The fourth-order valence-corrected chi connectivity index (χ4v) is 3.56. The van der Waals surface area contributed by atoms with Gasteiger partial charge >= 0.3 is 0 Å². The highest BCUT2D eigenvalue weighted by Crippen LogP contribution is 2.34. The van der Waals surface area contributed by atoms with Gasteiger partial charge in [-0.15, -0.1) is 0 Å². The highest BCUT2D eigenvalue weighted by atomic mass is 16.1. The molecule has 0 unspecified atom stereocenters. The van der Waals surface area contributed by atoms with Crippen molar-refractivity contribution in [1.82, 2.24) is 9.78 Å². The van der Waals surface area contributed by atoms with Crippen LogP contribution in [0.3, 0.4) is 0 Å². The van der Waals surface area contributed by atoms with Gasteiger partial charge in [-0.05, 0) is 54.2 Å². The Morgan fingerprint density at radius 2 is 1.92 bits per heavy atom. The SMILES string of the molecule is CCCc1ccc(-n2ncc3c2CCc2cc(C=O)ccc2-3)cc1. The molecular weight excluding hydrogens is 296 g/mol. The van der Waals surface area contributed by atoms with Crippen LogP contribution in [-0.2, 0) is 19.3 Å². The zero-order valence-corrected chi connectivity index (χ0v) is 13.8. The van der Waals surface area contributed by atoms with Crippen molar-refractivity contribution >= 4 is 6.29 Å². The number of rotatable bonds is 4. The highest BCUT2D eigenvalue weighted by molar-refractivity contribution is 5.80. The van der Waals surface area contributed by atoms with Crippen LogP contribution in [0.25, 0.3) is 16.8 Å². The van der Waals surface area contributed by atoms with Crippen molar-refractivity contribution in [3.8, 4) is 16.8 Å². The lowest BCUT2D eigenvalue weighted by atomic mass is 9.89. The summed E-state index contributed by atoms with van der Waals surface area (Å²) in [5.41, 5.74) is 8.12. The van der Waals surface area contributed by atoms with Crippen LogP contribution in [0.4, 0.5) is 0 Å². The molecule has 3 aromatic rings. The minimum atomic E-state index is 0.746. The molecular formula is C21H20N2O. The third-order valence-electron chi connectivity index (χ3n) is 4.78. The molecule has 0 saturated carbocycles. The molecule has 1 aliphatic rings. The van der Waals surface area contributed by atoms with E-state index in [-0.39, 0.29) is 0 Å². The van der Waals surface area contributed by atoms with Crippen molar-refractivity contribution in [1.29, 1.82) is 0 Å². The molecule has 0 amide bonds. The molecule has 0 atom stereocenters. The molecule has 3 nitrogen and oxygen atoms in total. The Balaban J connectivity index is 1.74. The summed E-state index contributed by atoms with van der Waals surface area (Å²) in [6, 6.07) is 14.6. The van der Waals surface area contributed by atoms with Crippen LogP contribution in [0.5, 0.6) is 0 Å². The molecule has 1 aromatic heterocycles. The van der Waals surface area contributed by atoms with Gasteiger partial charge in [0.25, 0.3) is 0 Å². The van der Waals surface area contributed by atoms with Gasteiger partial charge in [0.1, 0.15) is 6.29 Å². The fraction of sp³-hybridized carbons (Fsp3) is 0.238. The van der Waals surface area contributed by atoms with Gasteiger partial charge in [0.05, 0.1) is 17.6 Å². The van der Waals surface area contributed by atoms with E-state index in [9.17, 15) is 4.79 Å². The molecule has 0 bridgehead atoms. The maximum absolute atomic E-state index is 11.0. The van der Waals surface area contributed by atoms with Crippen LogP contribution in [0.15, 0.2) is 48.7 Å². The quantitative estimate of drug-likeness (QED) is 0.669. The number of aromatic nitrogens is 2. The first-order valence-electron chi connectivity index (χ1n) is 8.55. The van der Waals surface area contributed by atoms with Gasteiger partial charge in [-0.3, -0.25) is 4.79 Å². The van der Waals surface area contributed by atoms with Crippen LogP contribution < -0.4 is 0 Å². The lowest BCUT2D eigenvalue weighted by Gasteiger charge is -2.18. The normalized spacial score (nSPS) is 12.5. The number of aryl methyl sites for hydroxylation is 2. The number of benzene rings is 2. The Morgan fingerprint density at radius 3 is 2.67 bits per heavy atom. The molecule has 24 heavy (non-hydrogen) atoms. The second-order valence-corrected chi connectivity index (χ2v) is 6.37. The molecule has 0 aliphatic heterocycles. The summed E-state index contributed by atoms with van der Waals surface area (Å²) in [4.78, 5) is 11.0. The first-order valence-corrected chi connectivity index (χ1v) is 8.55. The molecule has 0 spiro atoms. The third-order valence-corrected chi connectivity index (χ3v) is 4.78. The zero-order valence-electron chi connectivity index (χ0n) is 13.8. The topological polar surface area (TPSA) is 34.9 Å². The summed E-state index contributed by atoms with van der Waals surface area (Å²) in [7, 11) is 0. The Bertz CT molecular complexity index is 891. The Kier molecular flexibility index (Phi) is 3.77. The maximum Gasteiger partial charge on any atom is 0.150 e. The van der Waals surface area contributed by atoms with E-state index in [1.165, 1.54) is 27.9 Å². The maximum atomic E-state index is 11.0. The van der Waals surface area contributed by atoms with Crippen molar-refractivity contribution in [2.24, 2.45) is 0 Å². The van der Waals surface area contributed by atoms with Crippen molar-refractivity contribution in [2.45, 2.75) is 32.6 Å². The van der Waals surface area contributed by atoms with Crippen molar-refractivity contribution in [3.05, 3.63) is 71.0 Å². The smallest absolute Gasteiger partial charge is 0.150 e. The van der Waals surface area contributed by atoms with E-state index in [0.29, 0.717) is 0 Å². The number of hydrogen-bond acceptors (Lipinski definition) is 2. The molecule has 0 N–H and O–H groups in total. The van der Waals surface area contributed by atoms with E-state index >= 15 is 0 Å². The second-order valence-electron chi connectivity index (χ2n) is 6.37. The van der Waals surface area contributed by atoms with E-state index < -0.39 is 0 Å². The van der Waals surface area contributed by atoms with E-state index in [1.807, 2.05) is 24.4 Å². The standard InChI is InChI=1S/C21H20N2O/c1-2-3-15-4-8-18(9-5-15)23-21-11-7-17-12-16(14-24)6-10-19(17)20(21)13-22-23/h4-6,8-10,12-14H,2-3,7,11H2,1H3. The van der Waals surface area contributed by atoms with E-state index in [0.717, 1.165) is 43.2 Å². The van der Waals surface area contributed by atoms with Crippen LogP contribution in [0.2, 0.25) is 0 Å². The van der Waals surface area contributed by atoms with Gasteiger partial charge in [-0.1, -0.05) is 37.6 Å².